The normalized spacial score (nSPS) is 16.2. The summed E-state index contributed by atoms with van der Waals surface area (Å²) in [5.41, 5.74) is 3.87. The predicted molar refractivity (Wildman–Crippen MR) is 87.2 cm³/mol. The summed E-state index contributed by atoms with van der Waals surface area (Å²) in [4.78, 5) is -0.120. The molecule has 0 saturated carbocycles. The van der Waals surface area contributed by atoms with Gasteiger partial charge in [-0.25, -0.2) is 5.01 Å². The molecule has 0 fully saturated rings. The van der Waals surface area contributed by atoms with Crippen LogP contribution in [-0.4, -0.2) is 42.8 Å². The van der Waals surface area contributed by atoms with Crippen molar-refractivity contribution in [3.05, 3.63) is 48.7 Å². The molecule has 3 N–H and O–H groups in total. The van der Waals surface area contributed by atoms with Gasteiger partial charge >= 0.3 is 0 Å². The number of β-amino-alcohol motifs (C(OH)–C–C–N with tert-alkyl or cyclic N) is 1. The third kappa shape index (κ3) is 3.21. The number of benzene rings is 2. The molecule has 2 aromatic carbocycles. The quantitative estimate of drug-likeness (QED) is 0.721. The Balaban J connectivity index is 2.10. The second-order valence-electron chi connectivity index (χ2n) is 5.13. The zero-order valence-corrected chi connectivity index (χ0v) is 13.1. The van der Waals surface area contributed by atoms with E-state index in [2.05, 4.69) is 5.53 Å². The van der Waals surface area contributed by atoms with Crippen LogP contribution in [-0.2, 0) is 10.1 Å². The van der Waals surface area contributed by atoms with Gasteiger partial charge in [0.1, 0.15) is 4.90 Å². The number of hydrazine groups is 2. The van der Waals surface area contributed by atoms with Crippen molar-refractivity contribution in [2.75, 3.05) is 24.7 Å². The largest absolute Gasteiger partial charge is 0.395 e. The van der Waals surface area contributed by atoms with E-state index in [1.54, 1.807) is 35.3 Å². The number of nitrogens with one attached hydrogen (secondary N) is 1. The summed E-state index contributed by atoms with van der Waals surface area (Å²) in [7, 11) is -4.30. The zero-order valence-electron chi connectivity index (χ0n) is 12.3. The third-order valence-corrected chi connectivity index (χ3v) is 4.51. The van der Waals surface area contributed by atoms with Crippen molar-refractivity contribution in [2.45, 2.75) is 4.90 Å². The molecule has 0 aliphatic carbocycles. The van der Waals surface area contributed by atoms with Gasteiger partial charge in [-0.2, -0.15) is 14.0 Å². The SMILES string of the molecule is O=S(=O)(O)c1ccc(N2C=CCN(CCO)N2)c2ccccc12. The fourth-order valence-electron chi connectivity index (χ4n) is 2.59. The molecule has 0 aromatic heterocycles. The van der Waals surface area contributed by atoms with Crippen LogP contribution in [0.2, 0.25) is 0 Å². The van der Waals surface area contributed by atoms with E-state index in [0.29, 0.717) is 23.9 Å². The first-order chi connectivity index (χ1) is 11.0. The molecule has 23 heavy (non-hydrogen) atoms. The molecule has 7 nitrogen and oxygen atoms in total. The molecule has 0 bridgehead atoms. The van der Waals surface area contributed by atoms with Crippen molar-refractivity contribution in [2.24, 2.45) is 0 Å². The van der Waals surface area contributed by atoms with Crippen molar-refractivity contribution in [3.63, 3.8) is 0 Å². The first kappa shape index (κ1) is 15.9. The highest BCUT2D eigenvalue weighted by molar-refractivity contribution is 7.86. The second-order valence-corrected chi connectivity index (χ2v) is 6.52. The molecule has 0 amide bonds. The lowest BCUT2D eigenvalue weighted by Gasteiger charge is -2.33. The van der Waals surface area contributed by atoms with Gasteiger partial charge in [0.15, 0.2) is 0 Å². The Morgan fingerprint density at radius 2 is 1.87 bits per heavy atom. The van der Waals surface area contributed by atoms with E-state index in [4.69, 9.17) is 5.11 Å². The van der Waals surface area contributed by atoms with Crippen LogP contribution in [0.3, 0.4) is 0 Å². The summed E-state index contributed by atoms with van der Waals surface area (Å²) < 4.78 is 32.5. The standard InChI is InChI=1S/C15H17N3O4S/c19-11-10-17-8-3-9-18(16-17)14-6-7-15(23(20,21)22)13-5-2-1-4-12(13)14/h1-7,9,16,19H,8,10-11H2,(H,20,21,22). The lowest BCUT2D eigenvalue weighted by molar-refractivity contribution is 0.151. The highest BCUT2D eigenvalue weighted by Gasteiger charge is 2.19. The van der Waals surface area contributed by atoms with Crippen molar-refractivity contribution in [1.29, 1.82) is 0 Å². The molecule has 0 atom stereocenters. The maximum Gasteiger partial charge on any atom is 0.295 e. The van der Waals surface area contributed by atoms with Gasteiger partial charge < -0.3 is 5.11 Å². The lowest BCUT2D eigenvalue weighted by atomic mass is 10.1. The first-order valence-corrected chi connectivity index (χ1v) is 8.52. The zero-order chi connectivity index (χ0) is 16.4. The van der Waals surface area contributed by atoms with Crippen LogP contribution in [0.1, 0.15) is 0 Å². The van der Waals surface area contributed by atoms with E-state index in [9.17, 15) is 13.0 Å². The van der Waals surface area contributed by atoms with E-state index in [1.807, 2.05) is 17.3 Å². The molecule has 0 unspecified atom stereocenters. The van der Waals surface area contributed by atoms with Gasteiger partial charge in [0.05, 0.1) is 12.3 Å². The second kappa shape index (κ2) is 6.26. The number of aliphatic hydroxyl groups excluding tert-OH is 1. The fourth-order valence-corrected chi connectivity index (χ4v) is 3.29. The Hall–Kier alpha value is -1.97. The Bertz CT molecular complexity index is 851. The van der Waals surface area contributed by atoms with Gasteiger partial charge in [-0.1, -0.05) is 30.3 Å². The van der Waals surface area contributed by atoms with Crippen molar-refractivity contribution in [1.82, 2.24) is 10.5 Å². The smallest absolute Gasteiger partial charge is 0.295 e. The van der Waals surface area contributed by atoms with E-state index in [-0.39, 0.29) is 11.5 Å². The summed E-state index contributed by atoms with van der Waals surface area (Å²) in [6.45, 7) is 1.14. The number of rotatable bonds is 4. The predicted octanol–water partition coefficient (Wildman–Crippen LogP) is 1.13. The average molecular weight is 335 g/mol. The summed E-state index contributed by atoms with van der Waals surface area (Å²) in [5.74, 6) is 0. The Kier molecular flexibility index (Phi) is 4.33. The molecule has 8 heteroatoms. The highest BCUT2D eigenvalue weighted by atomic mass is 32.2. The van der Waals surface area contributed by atoms with Crippen molar-refractivity contribution in [3.8, 4) is 0 Å². The highest BCUT2D eigenvalue weighted by Crippen LogP contribution is 2.31. The van der Waals surface area contributed by atoms with Crippen LogP contribution in [0.5, 0.6) is 0 Å². The minimum atomic E-state index is -4.30. The molecular formula is C15H17N3O4S. The molecule has 1 heterocycles. The number of nitrogens with zero attached hydrogens (tertiary/aromatic N) is 2. The van der Waals surface area contributed by atoms with E-state index in [0.717, 1.165) is 5.69 Å². The topological polar surface area (TPSA) is 93.1 Å². The number of hydrogen-bond acceptors (Lipinski definition) is 6. The molecule has 0 saturated heterocycles. The summed E-state index contributed by atoms with van der Waals surface area (Å²) in [6, 6.07) is 9.98. The first-order valence-electron chi connectivity index (χ1n) is 7.08. The third-order valence-electron chi connectivity index (χ3n) is 3.60. The average Bonchev–Trinajstić information content (AvgIpc) is 2.53. The minimum Gasteiger partial charge on any atom is -0.395 e. The Labute approximate surface area is 134 Å². The van der Waals surface area contributed by atoms with E-state index < -0.39 is 10.1 Å². The molecule has 122 valence electrons. The maximum atomic E-state index is 11.5. The number of hydrogen-bond donors (Lipinski definition) is 3. The molecule has 1 aliphatic heterocycles. The molecule has 2 aromatic rings. The Morgan fingerprint density at radius 3 is 2.57 bits per heavy atom. The fraction of sp³-hybridized carbons (Fsp3) is 0.200. The van der Waals surface area contributed by atoms with Crippen LogP contribution in [0.4, 0.5) is 5.69 Å². The summed E-state index contributed by atoms with van der Waals surface area (Å²) in [6.07, 6.45) is 3.76. The summed E-state index contributed by atoms with van der Waals surface area (Å²) >= 11 is 0. The van der Waals surface area contributed by atoms with Crippen molar-refractivity contribution < 1.29 is 18.1 Å². The van der Waals surface area contributed by atoms with Gasteiger partial charge in [-0.05, 0) is 12.1 Å². The van der Waals surface area contributed by atoms with Gasteiger partial charge in [0.25, 0.3) is 10.1 Å². The van der Waals surface area contributed by atoms with Crippen LogP contribution in [0, 0.1) is 0 Å². The van der Waals surface area contributed by atoms with Crippen LogP contribution < -0.4 is 10.5 Å². The molecule has 0 radical (unpaired) electrons. The van der Waals surface area contributed by atoms with Crippen LogP contribution >= 0.6 is 0 Å². The molecule has 1 aliphatic rings. The monoisotopic (exact) mass is 335 g/mol. The van der Waals surface area contributed by atoms with E-state index >= 15 is 0 Å². The maximum absolute atomic E-state index is 11.5. The van der Waals surface area contributed by atoms with Crippen LogP contribution in [0.15, 0.2) is 53.6 Å². The van der Waals surface area contributed by atoms with Crippen LogP contribution in [0.25, 0.3) is 10.8 Å². The lowest BCUT2D eigenvalue weighted by Crippen LogP contribution is -2.51. The van der Waals surface area contributed by atoms with Gasteiger partial charge in [-0.3, -0.25) is 9.56 Å². The molecular weight excluding hydrogens is 318 g/mol. The van der Waals surface area contributed by atoms with Gasteiger partial charge in [0, 0.05) is 30.1 Å². The minimum absolute atomic E-state index is 0.0249. The van der Waals surface area contributed by atoms with Crippen molar-refractivity contribution >= 4 is 26.6 Å². The molecule has 3 rings (SSSR count). The number of fused-ring (bicyclic) bond motifs is 1. The Morgan fingerprint density at radius 1 is 1.13 bits per heavy atom. The molecule has 0 spiro atoms. The van der Waals surface area contributed by atoms with Gasteiger partial charge in [0.2, 0.25) is 0 Å². The number of aliphatic hydroxyl groups is 1. The van der Waals surface area contributed by atoms with Gasteiger partial charge in [-0.15, -0.1) is 0 Å². The van der Waals surface area contributed by atoms with E-state index in [1.165, 1.54) is 6.07 Å². The summed E-state index contributed by atoms with van der Waals surface area (Å²) in [5, 5.41) is 13.8. The number of anilines is 1.